The molecule has 1 aromatic rings. The first-order valence-electron chi connectivity index (χ1n) is 10.3. The van der Waals surface area contributed by atoms with Crippen LogP contribution in [-0.2, 0) is 25.6 Å². The Bertz CT molecular complexity index is 725. The van der Waals surface area contributed by atoms with Crippen molar-refractivity contribution in [1.82, 2.24) is 5.32 Å². The summed E-state index contributed by atoms with van der Waals surface area (Å²) in [5.41, 5.74) is -0.552. The highest BCUT2D eigenvalue weighted by atomic mass is 35.5. The second-order valence-corrected chi connectivity index (χ2v) is 8.32. The minimum Gasteiger partial charge on any atom is -0.390 e. The lowest BCUT2D eigenvalue weighted by molar-refractivity contribution is -0.196. The first-order chi connectivity index (χ1) is 14.4. The Labute approximate surface area is 182 Å². The second kappa shape index (κ2) is 10.7. The third-order valence-electron chi connectivity index (χ3n) is 5.61. The number of hydrogen-bond donors (Lipinski definition) is 3. The number of halogens is 1. The number of nitrogens with one attached hydrogen (secondary N) is 1. The Morgan fingerprint density at radius 1 is 1.40 bits per heavy atom. The monoisotopic (exact) mass is 439 g/mol. The number of benzene rings is 1. The van der Waals surface area contributed by atoms with Gasteiger partial charge in [-0.05, 0) is 30.5 Å². The van der Waals surface area contributed by atoms with Crippen LogP contribution >= 0.6 is 11.6 Å². The summed E-state index contributed by atoms with van der Waals surface area (Å²) in [5.74, 6) is -0.349. The van der Waals surface area contributed by atoms with Crippen LogP contribution in [0, 0.1) is 0 Å². The van der Waals surface area contributed by atoms with Gasteiger partial charge in [0.2, 0.25) is 0 Å². The maximum absolute atomic E-state index is 13.3. The zero-order chi connectivity index (χ0) is 21.6. The van der Waals surface area contributed by atoms with Gasteiger partial charge in [-0.3, -0.25) is 4.79 Å². The number of amides is 1. The smallest absolute Gasteiger partial charge is 0.252 e. The molecule has 1 saturated heterocycles. The van der Waals surface area contributed by atoms with Gasteiger partial charge in [0.15, 0.2) is 5.60 Å². The molecule has 2 aliphatic rings. The molecule has 1 aliphatic carbocycles. The minimum absolute atomic E-state index is 0.0224. The SMILES string of the molecule is C=CCOC1C[C@](OCc2cccc(Cl)c2)(C(=O)NCC2CCCO2)C[C@@H](O)[C@H]1O. The van der Waals surface area contributed by atoms with Crippen molar-refractivity contribution < 1.29 is 29.2 Å². The molecular weight excluding hydrogens is 410 g/mol. The van der Waals surface area contributed by atoms with Crippen LogP contribution < -0.4 is 5.32 Å². The van der Waals surface area contributed by atoms with Gasteiger partial charge in [0.25, 0.3) is 5.91 Å². The van der Waals surface area contributed by atoms with E-state index in [1.54, 1.807) is 24.3 Å². The molecule has 3 rings (SSSR count). The van der Waals surface area contributed by atoms with E-state index in [9.17, 15) is 15.0 Å². The molecule has 7 nitrogen and oxygen atoms in total. The zero-order valence-electron chi connectivity index (χ0n) is 17.0. The average molecular weight is 440 g/mol. The Hall–Kier alpha value is -1.48. The lowest BCUT2D eigenvalue weighted by Crippen LogP contribution is -2.61. The molecule has 0 bridgehead atoms. The molecule has 1 saturated carbocycles. The van der Waals surface area contributed by atoms with E-state index in [0.717, 1.165) is 18.4 Å². The number of hydrogen-bond acceptors (Lipinski definition) is 6. The Balaban J connectivity index is 1.76. The summed E-state index contributed by atoms with van der Waals surface area (Å²) in [4.78, 5) is 13.3. The molecular formula is C22H30ClNO6. The summed E-state index contributed by atoms with van der Waals surface area (Å²) in [5, 5.41) is 24.3. The van der Waals surface area contributed by atoms with Gasteiger partial charge in [0, 0.05) is 31.0 Å². The molecule has 1 heterocycles. The summed E-state index contributed by atoms with van der Waals surface area (Å²) in [6.07, 6.45) is 0.421. The maximum Gasteiger partial charge on any atom is 0.252 e. The van der Waals surface area contributed by atoms with Crippen LogP contribution in [0.15, 0.2) is 36.9 Å². The summed E-state index contributed by atoms with van der Waals surface area (Å²) < 4.78 is 17.3. The van der Waals surface area contributed by atoms with Crippen LogP contribution in [0.1, 0.15) is 31.2 Å². The fourth-order valence-corrected chi connectivity index (χ4v) is 4.19. The van der Waals surface area contributed by atoms with Crippen molar-refractivity contribution in [2.24, 2.45) is 0 Å². The Kier molecular flexibility index (Phi) is 8.27. The lowest BCUT2D eigenvalue weighted by atomic mass is 9.78. The van der Waals surface area contributed by atoms with Gasteiger partial charge >= 0.3 is 0 Å². The molecule has 1 aromatic carbocycles. The number of carbonyl (C=O) groups is 1. The predicted octanol–water partition coefficient (Wildman–Crippen LogP) is 1.98. The summed E-state index contributed by atoms with van der Waals surface area (Å²) in [6, 6.07) is 7.18. The van der Waals surface area contributed by atoms with Crippen molar-refractivity contribution in [3.05, 3.63) is 47.5 Å². The summed E-state index contributed by atoms with van der Waals surface area (Å²) >= 11 is 6.06. The van der Waals surface area contributed by atoms with E-state index in [2.05, 4.69) is 11.9 Å². The standard InChI is InChI=1S/C22H30ClNO6/c1-2-8-29-19-12-22(11-18(25)20(19)26,21(27)24-13-17-7-4-9-28-17)30-14-15-5-3-6-16(23)10-15/h2-3,5-6,10,17-20,25-26H,1,4,7-9,11-14H2,(H,24,27)/t17?,18-,19?,20-,22+/m1/s1. The molecule has 1 aliphatic heterocycles. The van der Waals surface area contributed by atoms with E-state index >= 15 is 0 Å². The van der Waals surface area contributed by atoms with Gasteiger partial charge in [0.1, 0.15) is 6.10 Å². The van der Waals surface area contributed by atoms with Crippen molar-refractivity contribution in [2.45, 2.75) is 62.3 Å². The van der Waals surface area contributed by atoms with Crippen LogP contribution in [-0.4, -0.2) is 65.9 Å². The average Bonchev–Trinajstić information content (AvgIpc) is 3.25. The van der Waals surface area contributed by atoms with Gasteiger partial charge in [-0.2, -0.15) is 0 Å². The number of aliphatic hydroxyl groups is 2. The third kappa shape index (κ3) is 5.81. The molecule has 1 amide bonds. The number of carbonyl (C=O) groups excluding carboxylic acids is 1. The Morgan fingerprint density at radius 3 is 2.93 bits per heavy atom. The molecule has 2 fully saturated rings. The molecule has 2 unspecified atom stereocenters. The fraction of sp³-hybridized carbons (Fsp3) is 0.591. The largest absolute Gasteiger partial charge is 0.390 e. The van der Waals surface area contributed by atoms with Crippen molar-refractivity contribution in [2.75, 3.05) is 19.8 Å². The maximum atomic E-state index is 13.3. The fourth-order valence-electron chi connectivity index (χ4n) is 3.97. The molecule has 0 radical (unpaired) electrons. The van der Waals surface area contributed by atoms with Gasteiger partial charge < -0.3 is 29.7 Å². The van der Waals surface area contributed by atoms with Gasteiger partial charge in [-0.25, -0.2) is 0 Å². The van der Waals surface area contributed by atoms with E-state index in [4.69, 9.17) is 25.8 Å². The van der Waals surface area contributed by atoms with Crippen LogP contribution in [0.3, 0.4) is 0 Å². The third-order valence-corrected chi connectivity index (χ3v) is 5.84. The molecule has 0 spiro atoms. The molecule has 30 heavy (non-hydrogen) atoms. The highest BCUT2D eigenvalue weighted by Crippen LogP contribution is 2.35. The normalized spacial score (nSPS) is 31.4. The van der Waals surface area contributed by atoms with Crippen LogP contribution in [0.4, 0.5) is 0 Å². The van der Waals surface area contributed by atoms with E-state index in [-0.39, 0.29) is 38.1 Å². The number of aliphatic hydroxyl groups excluding tert-OH is 2. The molecule has 5 atom stereocenters. The van der Waals surface area contributed by atoms with Crippen LogP contribution in [0.5, 0.6) is 0 Å². The molecule has 0 aromatic heterocycles. The quantitative estimate of drug-likeness (QED) is 0.509. The molecule has 8 heteroatoms. The van der Waals surface area contributed by atoms with Crippen molar-refractivity contribution in [3.63, 3.8) is 0 Å². The van der Waals surface area contributed by atoms with Crippen LogP contribution in [0.25, 0.3) is 0 Å². The molecule has 166 valence electrons. The molecule has 3 N–H and O–H groups in total. The Morgan fingerprint density at radius 2 is 2.23 bits per heavy atom. The highest BCUT2D eigenvalue weighted by Gasteiger charge is 2.51. The first kappa shape index (κ1) is 23.2. The highest BCUT2D eigenvalue weighted by molar-refractivity contribution is 6.30. The second-order valence-electron chi connectivity index (χ2n) is 7.88. The lowest BCUT2D eigenvalue weighted by Gasteiger charge is -2.43. The van der Waals surface area contributed by atoms with Gasteiger partial charge in [-0.15, -0.1) is 6.58 Å². The van der Waals surface area contributed by atoms with Crippen LogP contribution in [0.2, 0.25) is 5.02 Å². The van der Waals surface area contributed by atoms with Crippen molar-refractivity contribution in [1.29, 1.82) is 0 Å². The van der Waals surface area contributed by atoms with Gasteiger partial charge in [0.05, 0.1) is 31.5 Å². The van der Waals surface area contributed by atoms with E-state index < -0.39 is 23.9 Å². The minimum atomic E-state index is -1.36. The van der Waals surface area contributed by atoms with E-state index in [0.29, 0.717) is 18.2 Å². The van der Waals surface area contributed by atoms with E-state index in [1.165, 1.54) is 0 Å². The first-order valence-corrected chi connectivity index (χ1v) is 10.7. The van der Waals surface area contributed by atoms with E-state index in [1.807, 2.05) is 6.07 Å². The summed E-state index contributed by atoms with van der Waals surface area (Å²) in [6.45, 7) is 5.00. The van der Waals surface area contributed by atoms with Crippen molar-refractivity contribution in [3.8, 4) is 0 Å². The van der Waals surface area contributed by atoms with Crippen molar-refractivity contribution >= 4 is 17.5 Å². The number of ether oxygens (including phenoxy) is 3. The topological polar surface area (TPSA) is 97.3 Å². The van der Waals surface area contributed by atoms with Gasteiger partial charge in [-0.1, -0.05) is 29.8 Å². The zero-order valence-corrected chi connectivity index (χ0v) is 17.7. The predicted molar refractivity (Wildman–Crippen MR) is 112 cm³/mol. The summed E-state index contributed by atoms with van der Waals surface area (Å²) in [7, 11) is 0. The number of rotatable bonds is 9.